The zero-order valence-electron chi connectivity index (χ0n) is 14.4. The molecule has 3 nitrogen and oxygen atoms in total. The van der Waals surface area contributed by atoms with Gasteiger partial charge in [-0.3, -0.25) is 10.2 Å². The van der Waals surface area contributed by atoms with Crippen molar-refractivity contribution in [3.05, 3.63) is 101 Å². The van der Waals surface area contributed by atoms with Crippen LogP contribution in [0.2, 0.25) is 0 Å². The third kappa shape index (κ3) is 3.57. The highest BCUT2D eigenvalue weighted by Crippen LogP contribution is 2.45. The molecular weight excluding hydrogens is 420 g/mol. The van der Waals surface area contributed by atoms with Crippen LogP contribution in [0.1, 0.15) is 22.0 Å². The van der Waals surface area contributed by atoms with E-state index < -0.39 is 0 Å². The summed E-state index contributed by atoms with van der Waals surface area (Å²) >= 11 is 4.79. The number of thioether (sulfide) groups is 1. The predicted octanol–water partition coefficient (Wildman–Crippen LogP) is 5.93. The van der Waals surface area contributed by atoms with E-state index >= 15 is 0 Å². The Morgan fingerprint density at radius 3 is 2.11 bits per heavy atom. The highest BCUT2D eigenvalue weighted by atomic mass is 79.9. The van der Waals surface area contributed by atoms with Crippen LogP contribution in [0.5, 0.6) is 0 Å². The van der Waals surface area contributed by atoms with E-state index in [1.54, 1.807) is 0 Å². The van der Waals surface area contributed by atoms with E-state index in [0.29, 0.717) is 10.7 Å². The van der Waals surface area contributed by atoms with E-state index in [2.05, 4.69) is 15.9 Å². The molecule has 0 radical (unpaired) electrons. The minimum absolute atomic E-state index is 0.0545. The molecule has 3 aromatic rings. The summed E-state index contributed by atoms with van der Waals surface area (Å²) in [6, 6.07) is 27.0. The fourth-order valence-electron chi connectivity index (χ4n) is 3.32. The Hall–Kier alpha value is -2.37. The van der Waals surface area contributed by atoms with Crippen LogP contribution in [0, 0.1) is 5.41 Å². The molecular formula is C22H17BrN2OS. The molecule has 1 N–H and O–H groups in total. The maximum absolute atomic E-state index is 13.3. The molecule has 3 aromatic carbocycles. The Bertz CT molecular complexity index is 961. The van der Waals surface area contributed by atoms with E-state index in [1.165, 1.54) is 11.8 Å². The molecule has 1 saturated heterocycles. The van der Waals surface area contributed by atoms with Gasteiger partial charge < -0.3 is 4.90 Å². The quantitative estimate of drug-likeness (QED) is 0.515. The highest BCUT2D eigenvalue weighted by Gasteiger charge is 2.44. The Morgan fingerprint density at radius 1 is 0.889 bits per heavy atom. The zero-order valence-corrected chi connectivity index (χ0v) is 16.8. The molecule has 0 bridgehead atoms. The molecule has 0 amide bonds. The zero-order chi connectivity index (χ0) is 18.8. The van der Waals surface area contributed by atoms with Gasteiger partial charge in [-0.15, -0.1) is 0 Å². The van der Waals surface area contributed by atoms with Gasteiger partial charge in [0.15, 0.2) is 11.0 Å². The second-order valence-electron chi connectivity index (χ2n) is 6.28. The highest BCUT2D eigenvalue weighted by molar-refractivity contribution is 9.10. The lowest BCUT2D eigenvalue weighted by Gasteiger charge is -2.28. The summed E-state index contributed by atoms with van der Waals surface area (Å²) in [6.45, 7) is 0. The van der Waals surface area contributed by atoms with Crippen molar-refractivity contribution in [2.75, 3.05) is 4.90 Å². The number of nitrogens with zero attached hydrogens (tertiary/aromatic N) is 1. The van der Waals surface area contributed by atoms with Crippen molar-refractivity contribution in [3.8, 4) is 0 Å². The third-order valence-electron chi connectivity index (χ3n) is 4.58. The summed E-state index contributed by atoms with van der Waals surface area (Å²) in [7, 11) is 0. The molecule has 0 saturated carbocycles. The second kappa shape index (κ2) is 7.71. The van der Waals surface area contributed by atoms with Crippen LogP contribution in [0.4, 0.5) is 5.69 Å². The molecule has 0 aromatic heterocycles. The average molecular weight is 437 g/mol. The van der Waals surface area contributed by atoms with Crippen LogP contribution in [-0.2, 0) is 0 Å². The number of benzene rings is 3. The molecule has 4 rings (SSSR count). The number of Topliss-reactive ketones (excluding diaryl/α,β-unsaturated/α-hetero) is 1. The van der Waals surface area contributed by atoms with Crippen molar-refractivity contribution in [1.29, 1.82) is 5.41 Å². The van der Waals surface area contributed by atoms with Gasteiger partial charge >= 0.3 is 0 Å². The number of hydrogen-bond acceptors (Lipinski definition) is 3. The molecule has 0 unspecified atom stereocenters. The van der Waals surface area contributed by atoms with Crippen LogP contribution in [0.25, 0.3) is 0 Å². The Kier molecular flexibility index (Phi) is 5.14. The summed E-state index contributed by atoms with van der Waals surface area (Å²) in [4.78, 5) is 15.2. The maximum Gasteiger partial charge on any atom is 0.178 e. The minimum Gasteiger partial charge on any atom is -0.312 e. The Balaban J connectivity index is 1.78. The lowest BCUT2D eigenvalue weighted by molar-refractivity contribution is 0.0983. The van der Waals surface area contributed by atoms with Gasteiger partial charge in [0.2, 0.25) is 0 Å². The molecule has 1 aliphatic heterocycles. The molecule has 1 fully saturated rings. The maximum atomic E-state index is 13.3. The molecule has 0 spiro atoms. The minimum atomic E-state index is -0.369. The van der Waals surface area contributed by atoms with Crippen molar-refractivity contribution in [2.24, 2.45) is 0 Å². The third-order valence-corrected chi connectivity index (χ3v) is 6.26. The number of carbonyl (C=O) groups is 1. The SMILES string of the molecule is N=C1S[C@@H](C(=O)c2ccccc2)[C@H](c2ccccc2)N1c1ccc(Br)cc1. The number of nitrogens with one attached hydrogen (secondary N) is 1. The fraction of sp³-hybridized carbons (Fsp3) is 0.0909. The smallest absolute Gasteiger partial charge is 0.178 e. The Morgan fingerprint density at radius 2 is 1.48 bits per heavy atom. The van der Waals surface area contributed by atoms with Crippen LogP contribution < -0.4 is 4.90 Å². The normalized spacial score (nSPS) is 19.3. The molecule has 1 aliphatic rings. The van der Waals surface area contributed by atoms with Gasteiger partial charge in [-0.1, -0.05) is 88.4 Å². The number of hydrogen-bond donors (Lipinski definition) is 1. The summed E-state index contributed by atoms with van der Waals surface area (Å²) in [5.74, 6) is 0.0545. The monoisotopic (exact) mass is 436 g/mol. The number of carbonyl (C=O) groups excluding carboxylic acids is 1. The molecule has 27 heavy (non-hydrogen) atoms. The van der Waals surface area contributed by atoms with Gasteiger partial charge in [-0.2, -0.15) is 0 Å². The van der Waals surface area contributed by atoms with Gasteiger partial charge in [-0.05, 0) is 29.8 Å². The van der Waals surface area contributed by atoms with E-state index in [0.717, 1.165) is 15.7 Å². The first-order chi connectivity index (χ1) is 13.1. The molecule has 0 aliphatic carbocycles. The number of halogens is 1. The summed E-state index contributed by atoms with van der Waals surface area (Å²) < 4.78 is 0.984. The van der Waals surface area contributed by atoms with Crippen LogP contribution >= 0.6 is 27.7 Å². The lowest BCUT2D eigenvalue weighted by atomic mass is 9.96. The number of anilines is 1. The van der Waals surface area contributed by atoms with Crippen molar-refractivity contribution in [2.45, 2.75) is 11.3 Å². The van der Waals surface area contributed by atoms with Gasteiger partial charge in [0.25, 0.3) is 0 Å². The molecule has 5 heteroatoms. The van der Waals surface area contributed by atoms with Crippen molar-refractivity contribution in [1.82, 2.24) is 0 Å². The predicted molar refractivity (Wildman–Crippen MR) is 116 cm³/mol. The van der Waals surface area contributed by atoms with Crippen molar-refractivity contribution in [3.63, 3.8) is 0 Å². The molecule has 1 heterocycles. The van der Waals surface area contributed by atoms with Crippen molar-refractivity contribution < 1.29 is 4.79 Å². The summed E-state index contributed by atoms with van der Waals surface area (Å²) in [5, 5.41) is 8.61. The number of ketones is 1. The first-order valence-corrected chi connectivity index (χ1v) is 10.3. The fourth-order valence-corrected chi connectivity index (χ4v) is 4.81. The van der Waals surface area contributed by atoms with E-state index in [9.17, 15) is 4.79 Å². The van der Waals surface area contributed by atoms with Crippen molar-refractivity contribution >= 4 is 44.3 Å². The topological polar surface area (TPSA) is 44.2 Å². The van der Waals surface area contributed by atoms with E-state index in [1.807, 2.05) is 89.8 Å². The lowest BCUT2D eigenvalue weighted by Crippen LogP contribution is -2.32. The van der Waals surface area contributed by atoms with E-state index in [4.69, 9.17) is 5.41 Å². The van der Waals surface area contributed by atoms with Crippen LogP contribution in [0.15, 0.2) is 89.4 Å². The summed E-state index contributed by atoms with van der Waals surface area (Å²) in [5.41, 5.74) is 2.62. The molecule has 2 atom stereocenters. The van der Waals surface area contributed by atoms with Crippen LogP contribution in [-0.4, -0.2) is 16.2 Å². The van der Waals surface area contributed by atoms with Gasteiger partial charge in [-0.25, -0.2) is 0 Å². The molecule has 134 valence electrons. The van der Waals surface area contributed by atoms with Crippen LogP contribution in [0.3, 0.4) is 0 Å². The largest absolute Gasteiger partial charge is 0.312 e. The second-order valence-corrected chi connectivity index (χ2v) is 8.32. The average Bonchev–Trinajstić information content (AvgIpc) is 3.06. The number of rotatable bonds is 4. The number of amidine groups is 1. The first kappa shape index (κ1) is 18.0. The van der Waals surface area contributed by atoms with Gasteiger partial charge in [0.05, 0.1) is 6.04 Å². The van der Waals surface area contributed by atoms with Gasteiger partial charge in [0.1, 0.15) is 5.25 Å². The van der Waals surface area contributed by atoms with E-state index in [-0.39, 0.29) is 17.1 Å². The van der Waals surface area contributed by atoms with Gasteiger partial charge in [0, 0.05) is 15.7 Å². The summed E-state index contributed by atoms with van der Waals surface area (Å²) in [6.07, 6.45) is 0. The Labute approximate surface area is 171 Å². The standard InChI is InChI=1S/C22H17BrN2OS/c23-17-11-13-18(14-12-17)25-19(15-7-3-1-4-8-15)21(27-22(25)24)20(26)16-9-5-2-6-10-16/h1-14,19,21,24H/t19-,21+/m0/s1. The first-order valence-electron chi connectivity index (χ1n) is 8.59.